The molecule has 3 nitrogen and oxygen atoms in total. The Morgan fingerprint density at radius 1 is 1.42 bits per heavy atom. The van der Waals surface area contributed by atoms with E-state index in [1.165, 1.54) is 12.8 Å². The van der Waals surface area contributed by atoms with E-state index < -0.39 is 0 Å². The van der Waals surface area contributed by atoms with Gasteiger partial charge in [0, 0.05) is 18.7 Å². The zero-order valence-corrected chi connectivity index (χ0v) is 12.5. The number of nitrogens with two attached hydrogens (primary N) is 1. The summed E-state index contributed by atoms with van der Waals surface area (Å²) in [5.74, 6) is 0.648. The first-order chi connectivity index (χ1) is 9.02. The van der Waals surface area contributed by atoms with Crippen LogP contribution in [-0.2, 0) is 0 Å². The monoisotopic (exact) mass is 300 g/mol. The van der Waals surface area contributed by atoms with Crippen LogP contribution in [0, 0.1) is 5.92 Å². The predicted octanol–water partition coefficient (Wildman–Crippen LogP) is 3.84. The number of nitrogen functional groups attached to an aromatic ring is 1. The van der Waals surface area contributed by atoms with E-state index >= 15 is 0 Å². The Bertz CT molecular complexity index is 463. The summed E-state index contributed by atoms with van der Waals surface area (Å²) in [6.45, 7) is 3.65. The fraction of sp³-hybridized carbons (Fsp3) is 0.500. The number of hydrogen-bond donors (Lipinski definition) is 1. The Balaban J connectivity index is 2.20. The Hall–Kier alpha value is -0.930. The summed E-state index contributed by atoms with van der Waals surface area (Å²) in [6, 6.07) is 3.20. The van der Waals surface area contributed by atoms with Crippen LogP contribution < -0.4 is 5.73 Å². The van der Waals surface area contributed by atoms with Crippen molar-refractivity contribution in [3.05, 3.63) is 27.7 Å². The van der Waals surface area contributed by atoms with Gasteiger partial charge in [0.05, 0.1) is 15.7 Å². The molecule has 0 aliphatic heterocycles. The molecule has 1 aromatic rings. The molecule has 0 radical (unpaired) electrons. The highest BCUT2D eigenvalue weighted by molar-refractivity contribution is 6.43. The Kier molecular flexibility index (Phi) is 4.58. The molecule has 1 aromatic carbocycles. The van der Waals surface area contributed by atoms with Crippen molar-refractivity contribution in [2.45, 2.75) is 26.2 Å². The van der Waals surface area contributed by atoms with Crippen LogP contribution in [0.4, 0.5) is 5.69 Å². The van der Waals surface area contributed by atoms with Gasteiger partial charge in [-0.25, -0.2) is 0 Å². The average molecular weight is 301 g/mol. The summed E-state index contributed by atoms with van der Waals surface area (Å²) in [4.78, 5) is 14.4. The van der Waals surface area contributed by atoms with Crippen LogP contribution in [0.3, 0.4) is 0 Å². The molecule has 2 rings (SSSR count). The summed E-state index contributed by atoms with van der Waals surface area (Å²) < 4.78 is 0. The van der Waals surface area contributed by atoms with Gasteiger partial charge in [-0.05, 0) is 37.3 Å². The zero-order valence-electron chi connectivity index (χ0n) is 11.0. The summed E-state index contributed by atoms with van der Waals surface area (Å²) in [7, 11) is 0. The number of carbonyl (C=O) groups excluding carboxylic acids is 1. The van der Waals surface area contributed by atoms with Crippen molar-refractivity contribution in [1.82, 2.24) is 4.90 Å². The summed E-state index contributed by atoms with van der Waals surface area (Å²) in [6.07, 6.45) is 3.38. The van der Waals surface area contributed by atoms with Crippen molar-refractivity contribution in [2.24, 2.45) is 5.92 Å². The smallest absolute Gasteiger partial charge is 0.253 e. The second kappa shape index (κ2) is 6.02. The molecule has 1 aliphatic rings. The summed E-state index contributed by atoms with van der Waals surface area (Å²) in [5, 5.41) is 0.635. The van der Waals surface area contributed by atoms with Gasteiger partial charge in [-0.15, -0.1) is 0 Å². The molecular weight excluding hydrogens is 283 g/mol. The first-order valence-electron chi connectivity index (χ1n) is 6.56. The average Bonchev–Trinajstić information content (AvgIpc) is 3.18. The van der Waals surface area contributed by atoms with Crippen LogP contribution in [0.5, 0.6) is 0 Å². The van der Waals surface area contributed by atoms with E-state index in [2.05, 4.69) is 6.92 Å². The minimum atomic E-state index is -0.0148. The van der Waals surface area contributed by atoms with E-state index in [-0.39, 0.29) is 5.91 Å². The number of rotatable bonds is 5. The van der Waals surface area contributed by atoms with Crippen molar-refractivity contribution in [3.63, 3.8) is 0 Å². The molecule has 1 amide bonds. The molecule has 1 aliphatic carbocycles. The number of carbonyl (C=O) groups is 1. The van der Waals surface area contributed by atoms with Crippen LogP contribution in [0.25, 0.3) is 0 Å². The molecular formula is C14H18Cl2N2O. The van der Waals surface area contributed by atoms with Crippen LogP contribution in [0.15, 0.2) is 12.1 Å². The van der Waals surface area contributed by atoms with Gasteiger partial charge in [0.25, 0.3) is 5.91 Å². The van der Waals surface area contributed by atoms with Gasteiger partial charge in [0.2, 0.25) is 0 Å². The normalized spacial score (nSPS) is 14.5. The van der Waals surface area contributed by atoms with Crippen LogP contribution in [-0.4, -0.2) is 23.9 Å². The Morgan fingerprint density at radius 3 is 2.63 bits per heavy atom. The van der Waals surface area contributed by atoms with Gasteiger partial charge in [0.15, 0.2) is 0 Å². The Morgan fingerprint density at radius 2 is 2.11 bits per heavy atom. The molecule has 0 aromatic heterocycles. The van der Waals surface area contributed by atoms with Gasteiger partial charge >= 0.3 is 0 Å². The third kappa shape index (κ3) is 3.54. The lowest BCUT2D eigenvalue weighted by molar-refractivity contribution is 0.0748. The van der Waals surface area contributed by atoms with E-state index in [4.69, 9.17) is 28.9 Å². The second-order valence-electron chi connectivity index (χ2n) is 5.06. The lowest BCUT2D eigenvalue weighted by Crippen LogP contribution is -2.33. The maximum Gasteiger partial charge on any atom is 0.253 e. The van der Waals surface area contributed by atoms with Gasteiger partial charge in [0.1, 0.15) is 0 Å². The predicted molar refractivity (Wildman–Crippen MR) is 79.8 cm³/mol. The molecule has 1 saturated carbocycles. The molecule has 104 valence electrons. The van der Waals surface area contributed by atoms with E-state index in [0.717, 1.165) is 19.5 Å². The van der Waals surface area contributed by atoms with E-state index in [9.17, 15) is 4.79 Å². The molecule has 0 unspecified atom stereocenters. The lowest BCUT2D eigenvalue weighted by Gasteiger charge is -2.22. The molecule has 0 atom stereocenters. The molecule has 19 heavy (non-hydrogen) atoms. The number of hydrogen-bond acceptors (Lipinski definition) is 2. The fourth-order valence-electron chi connectivity index (χ4n) is 2.07. The highest BCUT2D eigenvalue weighted by Gasteiger charge is 2.27. The van der Waals surface area contributed by atoms with Crippen molar-refractivity contribution in [1.29, 1.82) is 0 Å². The van der Waals surface area contributed by atoms with E-state index in [1.807, 2.05) is 4.90 Å². The van der Waals surface area contributed by atoms with Crippen molar-refractivity contribution in [3.8, 4) is 0 Å². The van der Waals surface area contributed by atoms with Gasteiger partial charge in [-0.1, -0.05) is 30.1 Å². The van der Waals surface area contributed by atoms with Crippen LogP contribution in [0.1, 0.15) is 36.5 Å². The molecule has 0 bridgehead atoms. The third-order valence-corrected chi connectivity index (χ3v) is 4.08. The lowest BCUT2D eigenvalue weighted by atomic mass is 10.1. The minimum absolute atomic E-state index is 0.0148. The Labute approximate surface area is 123 Å². The highest BCUT2D eigenvalue weighted by Crippen LogP contribution is 2.32. The molecule has 2 N–H and O–H groups in total. The van der Waals surface area contributed by atoms with E-state index in [0.29, 0.717) is 27.2 Å². The zero-order chi connectivity index (χ0) is 14.0. The number of amides is 1. The molecule has 0 saturated heterocycles. The number of anilines is 1. The highest BCUT2D eigenvalue weighted by atomic mass is 35.5. The molecule has 0 heterocycles. The number of benzene rings is 1. The molecule has 5 heteroatoms. The topological polar surface area (TPSA) is 46.3 Å². The fourth-order valence-corrected chi connectivity index (χ4v) is 2.41. The number of halogens is 2. The molecule has 0 spiro atoms. The quantitative estimate of drug-likeness (QED) is 0.840. The first kappa shape index (κ1) is 14.5. The van der Waals surface area contributed by atoms with Crippen molar-refractivity contribution < 1.29 is 4.79 Å². The van der Waals surface area contributed by atoms with Crippen molar-refractivity contribution >= 4 is 34.8 Å². The summed E-state index contributed by atoms with van der Waals surface area (Å²) in [5.41, 5.74) is 6.62. The SMILES string of the molecule is CCCN(CC1CC1)C(=O)c1cc(N)c(Cl)c(Cl)c1. The standard InChI is InChI=1S/C14H18Cl2N2O/c1-2-5-18(8-9-3-4-9)14(19)10-6-11(15)13(16)12(17)7-10/h6-7,9H,2-5,8,17H2,1H3. The summed E-state index contributed by atoms with van der Waals surface area (Å²) >= 11 is 11.9. The minimum Gasteiger partial charge on any atom is -0.397 e. The van der Waals surface area contributed by atoms with Crippen LogP contribution >= 0.6 is 23.2 Å². The van der Waals surface area contributed by atoms with Gasteiger partial charge < -0.3 is 10.6 Å². The van der Waals surface area contributed by atoms with E-state index in [1.54, 1.807) is 12.1 Å². The van der Waals surface area contributed by atoms with Crippen molar-refractivity contribution in [2.75, 3.05) is 18.8 Å². The van der Waals surface area contributed by atoms with Gasteiger partial charge in [-0.2, -0.15) is 0 Å². The third-order valence-electron chi connectivity index (χ3n) is 3.26. The molecule has 1 fully saturated rings. The van der Waals surface area contributed by atoms with Gasteiger partial charge in [-0.3, -0.25) is 4.79 Å². The largest absolute Gasteiger partial charge is 0.397 e. The number of nitrogens with zero attached hydrogens (tertiary/aromatic N) is 1. The maximum absolute atomic E-state index is 12.5. The first-order valence-corrected chi connectivity index (χ1v) is 7.32. The van der Waals surface area contributed by atoms with Crippen LogP contribution in [0.2, 0.25) is 10.0 Å². The maximum atomic E-state index is 12.5. The second-order valence-corrected chi connectivity index (χ2v) is 5.84.